The lowest BCUT2D eigenvalue weighted by Crippen LogP contribution is -2.60. The molecule has 2 saturated heterocycles. The van der Waals surface area contributed by atoms with E-state index in [1.54, 1.807) is 0 Å². The second-order valence-electron chi connectivity index (χ2n) is 7.32. The van der Waals surface area contributed by atoms with E-state index in [4.69, 9.17) is 0 Å². The molecular weight excluding hydrogens is 232 g/mol. The molecule has 2 fully saturated rings. The Balaban J connectivity index is 1.68. The lowest BCUT2D eigenvalue weighted by Gasteiger charge is -2.54. The Hall–Kier alpha value is -0.520. The number of likely N-dealkylation sites (tertiary alicyclic amines) is 2. The lowest BCUT2D eigenvalue weighted by molar-refractivity contribution is -0.0492. The third kappa shape index (κ3) is 4.23. The molecule has 2 heteroatoms. The van der Waals surface area contributed by atoms with Gasteiger partial charge in [-0.1, -0.05) is 39.5 Å². The van der Waals surface area contributed by atoms with Gasteiger partial charge in [-0.05, 0) is 37.3 Å². The molecule has 0 aromatic carbocycles. The highest BCUT2D eigenvalue weighted by molar-refractivity contribution is 5.05. The zero-order valence-corrected chi connectivity index (χ0v) is 13.2. The first kappa shape index (κ1) is 14.9. The van der Waals surface area contributed by atoms with Crippen LogP contribution in [-0.4, -0.2) is 49.1 Å². The highest BCUT2D eigenvalue weighted by atomic mass is 15.2. The van der Waals surface area contributed by atoms with Gasteiger partial charge in [0.1, 0.15) is 0 Å². The standard InChI is InChI=1S/C17H30N2/c1-15(2)6-5-9-18-10-7-17(8-11-18)13-19(14-17)12-16(3)4/h15-16H,7-14H2,1-4H3. The first-order valence-electron chi connectivity index (χ1n) is 7.92. The molecule has 2 nitrogen and oxygen atoms in total. The van der Waals surface area contributed by atoms with E-state index in [0.717, 1.165) is 12.5 Å². The van der Waals surface area contributed by atoms with Crippen LogP contribution in [0.2, 0.25) is 0 Å². The van der Waals surface area contributed by atoms with E-state index in [0.29, 0.717) is 11.3 Å². The minimum absolute atomic E-state index is 0.507. The van der Waals surface area contributed by atoms with Crippen LogP contribution in [0.1, 0.15) is 40.5 Å². The number of piperidine rings is 1. The summed E-state index contributed by atoms with van der Waals surface area (Å²) in [5, 5.41) is 0. The van der Waals surface area contributed by atoms with Gasteiger partial charge in [-0.15, -0.1) is 0 Å². The van der Waals surface area contributed by atoms with E-state index >= 15 is 0 Å². The first-order valence-corrected chi connectivity index (χ1v) is 7.92. The third-order valence-electron chi connectivity index (χ3n) is 4.35. The maximum atomic E-state index is 3.32. The lowest BCUT2D eigenvalue weighted by atomic mass is 9.72. The molecule has 0 aromatic rings. The second-order valence-corrected chi connectivity index (χ2v) is 7.32. The molecule has 0 bridgehead atoms. The highest BCUT2D eigenvalue weighted by Gasteiger charge is 2.44. The van der Waals surface area contributed by atoms with E-state index in [1.807, 2.05) is 0 Å². The first-order chi connectivity index (χ1) is 8.99. The summed E-state index contributed by atoms with van der Waals surface area (Å²) in [6.07, 6.45) is 2.76. The normalized spacial score (nSPS) is 23.5. The van der Waals surface area contributed by atoms with E-state index in [9.17, 15) is 0 Å². The van der Waals surface area contributed by atoms with Gasteiger partial charge in [-0.3, -0.25) is 4.90 Å². The van der Waals surface area contributed by atoms with E-state index in [2.05, 4.69) is 49.3 Å². The van der Waals surface area contributed by atoms with Crippen LogP contribution < -0.4 is 0 Å². The summed E-state index contributed by atoms with van der Waals surface area (Å²) >= 11 is 0. The molecule has 0 aliphatic carbocycles. The Morgan fingerprint density at radius 1 is 1.00 bits per heavy atom. The number of rotatable bonds is 3. The molecule has 19 heavy (non-hydrogen) atoms. The smallest absolute Gasteiger partial charge is 0.0601 e. The van der Waals surface area contributed by atoms with Crippen molar-refractivity contribution in [3.63, 3.8) is 0 Å². The third-order valence-corrected chi connectivity index (χ3v) is 4.35. The molecule has 108 valence electrons. The summed E-state index contributed by atoms with van der Waals surface area (Å²) in [7, 11) is 0. The molecule has 2 heterocycles. The van der Waals surface area contributed by atoms with Gasteiger partial charge < -0.3 is 4.90 Å². The summed E-state index contributed by atoms with van der Waals surface area (Å²) < 4.78 is 0. The summed E-state index contributed by atoms with van der Waals surface area (Å²) in [6.45, 7) is 16.4. The van der Waals surface area contributed by atoms with Crippen molar-refractivity contribution in [3.8, 4) is 11.8 Å². The minimum atomic E-state index is 0.507. The van der Waals surface area contributed by atoms with Crippen LogP contribution in [0.5, 0.6) is 0 Å². The van der Waals surface area contributed by atoms with E-state index in [1.165, 1.54) is 45.6 Å². The molecular formula is C17H30N2. The highest BCUT2D eigenvalue weighted by Crippen LogP contribution is 2.40. The fourth-order valence-electron chi connectivity index (χ4n) is 3.41. The Kier molecular flexibility index (Phi) is 4.92. The summed E-state index contributed by atoms with van der Waals surface area (Å²) in [4.78, 5) is 5.17. The molecule has 0 saturated carbocycles. The number of hydrogen-bond donors (Lipinski definition) is 0. The Bertz CT molecular complexity index is 332. The average molecular weight is 262 g/mol. The quantitative estimate of drug-likeness (QED) is 0.722. The average Bonchev–Trinajstić information content (AvgIpc) is 2.28. The summed E-state index contributed by atoms with van der Waals surface area (Å²) in [6, 6.07) is 0. The van der Waals surface area contributed by atoms with Crippen molar-refractivity contribution in [1.82, 2.24) is 9.80 Å². The van der Waals surface area contributed by atoms with Crippen LogP contribution in [0.3, 0.4) is 0 Å². The van der Waals surface area contributed by atoms with Gasteiger partial charge in [0.15, 0.2) is 0 Å². The van der Waals surface area contributed by atoms with E-state index < -0.39 is 0 Å². The Labute approximate surface area is 119 Å². The van der Waals surface area contributed by atoms with Crippen molar-refractivity contribution in [2.24, 2.45) is 17.3 Å². The summed E-state index contributed by atoms with van der Waals surface area (Å²) in [5.74, 6) is 7.90. The minimum Gasteiger partial charge on any atom is -0.302 e. The molecule has 2 aliphatic heterocycles. The predicted octanol–water partition coefficient (Wildman–Crippen LogP) is 2.70. The molecule has 0 unspecified atom stereocenters. The topological polar surface area (TPSA) is 6.48 Å². The van der Waals surface area contributed by atoms with Gasteiger partial charge in [0.25, 0.3) is 0 Å². The van der Waals surface area contributed by atoms with E-state index in [-0.39, 0.29) is 0 Å². The predicted molar refractivity (Wildman–Crippen MR) is 82.0 cm³/mol. The SMILES string of the molecule is CC(C)C#CCN1CCC2(CC1)CN(CC(C)C)C2. The van der Waals surface area contributed by atoms with Crippen molar-refractivity contribution in [2.45, 2.75) is 40.5 Å². The second kappa shape index (κ2) is 6.29. The molecule has 0 N–H and O–H groups in total. The maximum Gasteiger partial charge on any atom is 0.0601 e. The summed E-state index contributed by atoms with van der Waals surface area (Å²) in [5.41, 5.74) is 0.664. The van der Waals surface area contributed by atoms with Crippen LogP contribution in [0.4, 0.5) is 0 Å². The van der Waals surface area contributed by atoms with Crippen molar-refractivity contribution >= 4 is 0 Å². The van der Waals surface area contributed by atoms with Crippen molar-refractivity contribution in [1.29, 1.82) is 0 Å². The van der Waals surface area contributed by atoms with Crippen LogP contribution in [0.15, 0.2) is 0 Å². The number of nitrogens with zero attached hydrogens (tertiary/aromatic N) is 2. The monoisotopic (exact) mass is 262 g/mol. The van der Waals surface area contributed by atoms with Gasteiger partial charge in [0, 0.05) is 25.6 Å². The largest absolute Gasteiger partial charge is 0.302 e. The van der Waals surface area contributed by atoms with Crippen molar-refractivity contribution in [3.05, 3.63) is 0 Å². The molecule has 1 spiro atoms. The van der Waals surface area contributed by atoms with Crippen LogP contribution in [-0.2, 0) is 0 Å². The van der Waals surface area contributed by atoms with Crippen LogP contribution in [0.25, 0.3) is 0 Å². The number of hydrogen-bond acceptors (Lipinski definition) is 2. The molecule has 0 radical (unpaired) electrons. The molecule has 2 rings (SSSR count). The zero-order chi connectivity index (χ0) is 13.9. The fourth-order valence-corrected chi connectivity index (χ4v) is 3.41. The van der Waals surface area contributed by atoms with Crippen LogP contribution in [0, 0.1) is 29.1 Å². The molecule has 0 aromatic heterocycles. The maximum absolute atomic E-state index is 3.32. The zero-order valence-electron chi connectivity index (χ0n) is 13.2. The van der Waals surface area contributed by atoms with Gasteiger partial charge in [-0.2, -0.15) is 0 Å². The van der Waals surface area contributed by atoms with Gasteiger partial charge in [0.05, 0.1) is 6.54 Å². The molecule has 0 atom stereocenters. The van der Waals surface area contributed by atoms with Gasteiger partial charge in [0.2, 0.25) is 0 Å². The Morgan fingerprint density at radius 2 is 1.63 bits per heavy atom. The van der Waals surface area contributed by atoms with Crippen molar-refractivity contribution in [2.75, 3.05) is 39.3 Å². The fraction of sp³-hybridized carbons (Fsp3) is 0.882. The van der Waals surface area contributed by atoms with Gasteiger partial charge >= 0.3 is 0 Å². The Morgan fingerprint density at radius 3 is 2.16 bits per heavy atom. The molecule has 2 aliphatic rings. The van der Waals surface area contributed by atoms with Gasteiger partial charge in [-0.25, -0.2) is 0 Å². The van der Waals surface area contributed by atoms with Crippen LogP contribution >= 0.6 is 0 Å². The van der Waals surface area contributed by atoms with Crippen molar-refractivity contribution < 1.29 is 0 Å². The molecule has 0 amide bonds.